The Labute approximate surface area is 136 Å². The van der Waals surface area contributed by atoms with Crippen molar-refractivity contribution in [3.8, 4) is 0 Å². The number of piperidine rings is 1. The number of nitrogens with zero attached hydrogens (tertiary/aromatic N) is 2. The second kappa shape index (κ2) is 7.13. The predicted molar refractivity (Wildman–Crippen MR) is 92.1 cm³/mol. The van der Waals surface area contributed by atoms with Crippen molar-refractivity contribution in [2.75, 3.05) is 23.3 Å². The maximum atomic E-state index is 11.4. The molecule has 1 aromatic heterocycles. The number of rotatable bonds is 5. The van der Waals surface area contributed by atoms with Gasteiger partial charge in [0.15, 0.2) is 0 Å². The molecule has 2 aromatic rings. The Morgan fingerprint density at radius 3 is 2.78 bits per heavy atom. The van der Waals surface area contributed by atoms with E-state index in [4.69, 9.17) is 5.73 Å². The van der Waals surface area contributed by atoms with Gasteiger partial charge in [0.1, 0.15) is 5.82 Å². The van der Waals surface area contributed by atoms with Crippen LogP contribution in [0.4, 0.5) is 11.5 Å². The van der Waals surface area contributed by atoms with Crippen molar-refractivity contribution in [1.29, 1.82) is 0 Å². The maximum Gasteiger partial charge on any atom is 0.222 e. The second-order valence-corrected chi connectivity index (χ2v) is 5.92. The number of hydrogen-bond donors (Lipinski definition) is 2. The van der Waals surface area contributed by atoms with E-state index >= 15 is 0 Å². The highest BCUT2D eigenvalue weighted by atomic mass is 16.1. The van der Waals surface area contributed by atoms with Crippen molar-refractivity contribution in [3.63, 3.8) is 0 Å². The van der Waals surface area contributed by atoms with E-state index in [0.29, 0.717) is 0 Å². The van der Waals surface area contributed by atoms with Gasteiger partial charge in [-0.2, -0.15) is 0 Å². The van der Waals surface area contributed by atoms with Crippen LogP contribution in [0.15, 0.2) is 48.7 Å². The molecule has 5 nitrogen and oxygen atoms in total. The Morgan fingerprint density at radius 1 is 1.26 bits per heavy atom. The lowest BCUT2D eigenvalue weighted by atomic mass is 9.97. The minimum absolute atomic E-state index is 0.0331. The zero-order valence-corrected chi connectivity index (χ0v) is 13.1. The van der Waals surface area contributed by atoms with Crippen LogP contribution in [0.2, 0.25) is 0 Å². The lowest BCUT2D eigenvalue weighted by Gasteiger charge is -2.33. The first-order chi connectivity index (χ1) is 11.2. The molecular weight excluding hydrogens is 288 g/mol. The molecule has 1 saturated heterocycles. The van der Waals surface area contributed by atoms with E-state index in [1.807, 2.05) is 18.2 Å². The molecule has 1 fully saturated rings. The van der Waals surface area contributed by atoms with Crippen molar-refractivity contribution < 1.29 is 4.79 Å². The average molecular weight is 310 g/mol. The summed E-state index contributed by atoms with van der Waals surface area (Å²) >= 11 is 0. The summed E-state index contributed by atoms with van der Waals surface area (Å²) in [6.45, 7) is 2.44. The molecule has 2 heterocycles. The highest BCUT2D eigenvalue weighted by molar-refractivity contribution is 5.77. The molecular formula is C18H22N4O. The summed E-state index contributed by atoms with van der Waals surface area (Å²) in [6.07, 6.45) is 3.69. The summed E-state index contributed by atoms with van der Waals surface area (Å²) in [5.41, 5.74) is 7.79. The Hall–Kier alpha value is -2.56. The minimum Gasteiger partial charge on any atom is -0.371 e. The number of aromatic nitrogens is 1. The highest BCUT2D eigenvalue weighted by Crippen LogP contribution is 2.23. The first-order valence-electron chi connectivity index (χ1n) is 8.00. The molecule has 0 spiro atoms. The van der Waals surface area contributed by atoms with Crippen molar-refractivity contribution in [3.05, 3.63) is 54.2 Å². The molecule has 3 rings (SSSR count). The standard InChI is InChI=1S/C18H22N4O/c19-18(23)15-4-3-11-22(13-15)16-8-6-14(7-9-16)12-21-17-5-1-2-10-20-17/h1-2,5-10,15H,3-4,11-13H2,(H2,19,23)(H,20,21)/t15-/m1/s1. The largest absolute Gasteiger partial charge is 0.371 e. The van der Waals surface area contributed by atoms with Crippen molar-refractivity contribution in [1.82, 2.24) is 4.98 Å². The van der Waals surface area contributed by atoms with Gasteiger partial charge in [-0.3, -0.25) is 4.79 Å². The fourth-order valence-electron chi connectivity index (χ4n) is 2.93. The van der Waals surface area contributed by atoms with Crippen LogP contribution in [0.5, 0.6) is 0 Å². The fourth-order valence-corrected chi connectivity index (χ4v) is 2.93. The monoisotopic (exact) mass is 310 g/mol. The van der Waals surface area contributed by atoms with E-state index in [1.54, 1.807) is 6.20 Å². The van der Waals surface area contributed by atoms with Gasteiger partial charge in [-0.15, -0.1) is 0 Å². The second-order valence-electron chi connectivity index (χ2n) is 5.92. The van der Waals surface area contributed by atoms with Gasteiger partial charge in [0.2, 0.25) is 5.91 Å². The molecule has 1 atom stereocenters. The summed E-state index contributed by atoms with van der Waals surface area (Å²) in [4.78, 5) is 17.9. The number of carbonyl (C=O) groups is 1. The number of amides is 1. The molecule has 1 amide bonds. The average Bonchev–Trinajstić information content (AvgIpc) is 2.61. The minimum atomic E-state index is -0.189. The van der Waals surface area contributed by atoms with Gasteiger partial charge in [-0.1, -0.05) is 18.2 Å². The quantitative estimate of drug-likeness (QED) is 0.889. The third-order valence-electron chi connectivity index (χ3n) is 4.26. The van der Waals surface area contributed by atoms with Crippen LogP contribution in [0.25, 0.3) is 0 Å². The van der Waals surface area contributed by atoms with Crippen LogP contribution in [0.3, 0.4) is 0 Å². The van der Waals surface area contributed by atoms with Gasteiger partial charge in [0.05, 0.1) is 5.92 Å². The van der Waals surface area contributed by atoms with Crippen molar-refractivity contribution in [2.24, 2.45) is 11.7 Å². The number of benzene rings is 1. The lowest BCUT2D eigenvalue weighted by Crippen LogP contribution is -2.41. The zero-order valence-electron chi connectivity index (χ0n) is 13.1. The maximum absolute atomic E-state index is 11.4. The Balaban J connectivity index is 1.59. The number of anilines is 2. The van der Waals surface area contributed by atoms with Gasteiger partial charge in [0.25, 0.3) is 0 Å². The number of primary amides is 1. The summed E-state index contributed by atoms with van der Waals surface area (Å²) in [5, 5.41) is 3.30. The van der Waals surface area contributed by atoms with E-state index in [0.717, 1.165) is 44.0 Å². The van der Waals surface area contributed by atoms with Gasteiger partial charge in [0, 0.05) is 31.5 Å². The topological polar surface area (TPSA) is 71.2 Å². The molecule has 0 aliphatic carbocycles. The summed E-state index contributed by atoms with van der Waals surface area (Å²) in [6, 6.07) is 14.3. The number of hydrogen-bond acceptors (Lipinski definition) is 4. The number of carbonyl (C=O) groups excluding carboxylic acids is 1. The molecule has 23 heavy (non-hydrogen) atoms. The molecule has 1 aliphatic rings. The van der Waals surface area contributed by atoms with Gasteiger partial charge >= 0.3 is 0 Å². The Bertz CT molecular complexity index is 642. The van der Waals surface area contributed by atoms with E-state index in [-0.39, 0.29) is 11.8 Å². The van der Waals surface area contributed by atoms with E-state index < -0.39 is 0 Å². The lowest BCUT2D eigenvalue weighted by molar-refractivity contribution is -0.122. The van der Waals surface area contributed by atoms with Crippen LogP contribution < -0.4 is 16.0 Å². The first kappa shape index (κ1) is 15.3. The fraction of sp³-hybridized carbons (Fsp3) is 0.333. The third-order valence-corrected chi connectivity index (χ3v) is 4.26. The smallest absolute Gasteiger partial charge is 0.222 e. The van der Waals surface area contributed by atoms with Crippen molar-refractivity contribution in [2.45, 2.75) is 19.4 Å². The summed E-state index contributed by atoms with van der Waals surface area (Å²) in [5.74, 6) is 0.650. The van der Waals surface area contributed by atoms with E-state index in [2.05, 4.69) is 39.5 Å². The van der Waals surface area contributed by atoms with Crippen LogP contribution in [-0.2, 0) is 11.3 Å². The van der Waals surface area contributed by atoms with Crippen molar-refractivity contribution >= 4 is 17.4 Å². The van der Waals surface area contributed by atoms with Crippen LogP contribution in [0, 0.1) is 5.92 Å². The molecule has 5 heteroatoms. The molecule has 0 radical (unpaired) electrons. The molecule has 120 valence electrons. The van der Waals surface area contributed by atoms with Gasteiger partial charge in [-0.25, -0.2) is 4.98 Å². The van der Waals surface area contributed by atoms with E-state index in [9.17, 15) is 4.79 Å². The van der Waals surface area contributed by atoms with E-state index in [1.165, 1.54) is 5.56 Å². The molecule has 0 bridgehead atoms. The predicted octanol–water partition coefficient (Wildman–Crippen LogP) is 2.40. The van der Waals surface area contributed by atoms with Gasteiger partial charge in [-0.05, 0) is 42.7 Å². The highest BCUT2D eigenvalue weighted by Gasteiger charge is 2.23. The summed E-state index contributed by atoms with van der Waals surface area (Å²) < 4.78 is 0. The number of nitrogens with one attached hydrogen (secondary N) is 1. The van der Waals surface area contributed by atoms with Gasteiger partial charge < -0.3 is 16.0 Å². The normalized spacial score (nSPS) is 17.7. The molecule has 1 aliphatic heterocycles. The molecule has 3 N–H and O–H groups in total. The van der Waals surface area contributed by atoms with Crippen LogP contribution in [-0.4, -0.2) is 24.0 Å². The Kier molecular flexibility index (Phi) is 4.76. The molecule has 0 unspecified atom stereocenters. The SMILES string of the molecule is NC(=O)[C@@H]1CCCN(c2ccc(CNc3ccccn3)cc2)C1. The van der Waals surface area contributed by atoms with Crippen LogP contribution >= 0.6 is 0 Å². The Morgan fingerprint density at radius 2 is 2.09 bits per heavy atom. The molecule has 0 saturated carbocycles. The molecule has 1 aromatic carbocycles. The third kappa shape index (κ3) is 4.00. The first-order valence-corrected chi connectivity index (χ1v) is 8.00. The van der Waals surface area contributed by atoms with Crippen LogP contribution in [0.1, 0.15) is 18.4 Å². The zero-order chi connectivity index (χ0) is 16.1. The number of pyridine rings is 1. The number of nitrogens with two attached hydrogens (primary N) is 1. The summed E-state index contributed by atoms with van der Waals surface area (Å²) in [7, 11) is 0.